The molecule has 1 amide bonds. The van der Waals surface area contributed by atoms with Crippen LogP contribution in [0.1, 0.15) is 24.3 Å². The van der Waals surface area contributed by atoms with Crippen molar-refractivity contribution in [3.8, 4) is 11.4 Å². The van der Waals surface area contributed by atoms with Crippen molar-refractivity contribution in [2.24, 2.45) is 5.92 Å². The molecule has 6 nitrogen and oxygen atoms in total. The number of nitrogens with zero attached hydrogens (tertiary/aromatic N) is 4. The molecule has 126 valence electrons. The molecule has 2 heterocycles. The Hall–Kier alpha value is -2.21. The van der Waals surface area contributed by atoms with Crippen molar-refractivity contribution in [1.29, 1.82) is 0 Å². The fourth-order valence-electron chi connectivity index (χ4n) is 3.16. The first-order valence-corrected chi connectivity index (χ1v) is 8.60. The van der Waals surface area contributed by atoms with Gasteiger partial charge < -0.3 is 9.42 Å². The van der Waals surface area contributed by atoms with Crippen LogP contribution in [0.15, 0.2) is 28.8 Å². The van der Waals surface area contributed by atoms with Crippen LogP contribution < -0.4 is 0 Å². The molecule has 1 saturated carbocycles. The van der Waals surface area contributed by atoms with Crippen LogP contribution in [0.5, 0.6) is 0 Å². The smallest absolute Gasteiger partial charge is 0.241 e. The molecule has 2 aromatic rings. The van der Waals surface area contributed by atoms with Crippen LogP contribution >= 0.6 is 0 Å². The zero-order valence-corrected chi connectivity index (χ0v) is 13.9. The van der Waals surface area contributed by atoms with Gasteiger partial charge in [0.2, 0.25) is 17.6 Å². The summed E-state index contributed by atoms with van der Waals surface area (Å²) >= 11 is 0. The van der Waals surface area contributed by atoms with Crippen LogP contribution in [0, 0.1) is 12.8 Å². The van der Waals surface area contributed by atoms with Crippen LogP contribution in [0.25, 0.3) is 11.4 Å². The van der Waals surface area contributed by atoms with Gasteiger partial charge in [0.05, 0.1) is 6.54 Å². The first-order valence-electron chi connectivity index (χ1n) is 8.60. The third-order valence-electron chi connectivity index (χ3n) is 4.82. The molecule has 2 fully saturated rings. The minimum absolute atomic E-state index is 0.309. The quantitative estimate of drug-likeness (QED) is 0.861. The van der Waals surface area contributed by atoms with Crippen molar-refractivity contribution in [2.45, 2.75) is 26.3 Å². The van der Waals surface area contributed by atoms with Gasteiger partial charge in [0.15, 0.2) is 0 Å². The van der Waals surface area contributed by atoms with E-state index in [4.69, 9.17) is 4.52 Å². The molecule has 0 bridgehead atoms. The van der Waals surface area contributed by atoms with Crippen molar-refractivity contribution in [2.75, 3.05) is 26.2 Å². The van der Waals surface area contributed by atoms with Gasteiger partial charge in [-0.3, -0.25) is 9.69 Å². The van der Waals surface area contributed by atoms with Gasteiger partial charge >= 0.3 is 0 Å². The fraction of sp³-hybridized carbons (Fsp3) is 0.500. The molecule has 0 atom stereocenters. The van der Waals surface area contributed by atoms with Crippen molar-refractivity contribution in [1.82, 2.24) is 19.9 Å². The Bertz CT molecular complexity index is 730. The maximum atomic E-state index is 12.1. The maximum Gasteiger partial charge on any atom is 0.241 e. The maximum absolute atomic E-state index is 12.1. The van der Waals surface area contributed by atoms with Crippen molar-refractivity contribution in [3.63, 3.8) is 0 Å². The van der Waals surface area contributed by atoms with Gasteiger partial charge in [-0.2, -0.15) is 4.98 Å². The highest BCUT2D eigenvalue weighted by atomic mass is 16.5. The van der Waals surface area contributed by atoms with Crippen molar-refractivity contribution in [3.05, 3.63) is 35.7 Å². The van der Waals surface area contributed by atoms with Crippen LogP contribution in [0.2, 0.25) is 0 Å². The first kappa shape index (κ1) is 15.3. The summed E-state index contributed by atoms with van der Waals surface area (Å²) in [6.07, 6.45) is 2.14. The number of piperazine rings is 1. The molecule has 1 aromatic heterocycles. The Morgan fingerprint density at radius 2 is 1.96 bits per heavy atom. The van der Waals surface area contributed by atoms with Gasteiger partial charge in [0, 0.05) is 37.7 Å². The number of amides is 1. The zero-order chi connectivity index (χ0) is 16.5. The van der Waals surface area contributed by atoms with E-state index in [0.717, 1.165) is 50.1 Å². The van der Waals surface area contributed by atoms with Crippen LogP contribution in [-0.4, -0.2) is 52.0 Å². The monoisotopic (exact) mass is 326 g/mol. The molecule has 2 aliphatic rings. The Balaban J connectivity index is 1.35. The van der Waals surface area contributed by atoms with E-state index >= 15 is 0 Å². The van der Waals surface area contributed by atoms with Gasteiger partial charge in [0.1, 0.15) is 0 Å². The number of aryl methyl sites for hydroxylation is 1. The minimum atomic E-state index is 0.309. The Morgan fingerprint density at radius 3 is 2.67 bits per heavy atom. The second-order valence-electron chi connectivity index (χ2n) is 6.70. The van der Waals surface area contributed by atoms with Crippen molar-refractivity contribution >= 4 is 5.91 Å². The lowest BCUT2D eigenvalue weighted by atomic mass is 10.1. The van der Waals surface area contributed by atoms with E-state index in [1.807, 2.05) is 36.1 Å². The van der Waals surface area contributed by atoms with Crippen molar-refractivity contribution < 1.29 is 9.32 Å². The van der Waals surface area contributed by atoms with Gasteiger partial charge in [0.25, 0.3) is 0 Å². The predicted molar refractivity (Wildman–Crippen MR) is 89.1 cm³/mol. The summed E-state index contributed by atoms with van der Waals surface area (Å²) in [6, 6.07) is 8.03. The number of carbonyl (C=O) groups excluding carboxylic acids is 1. The standard InChI is InChI=1S/C18H22N4O2/c1-13-4-2-3-5-15(13)17-19-16(24-20-17)12-21-8-10-22(11-9-21)18(23)14-6-7-14/h2-5,14H,6-12H2,1H3. The highest BCUT2D eigenvalue weighted by Gasteiger charge is 2.34. The van der Waals surface area contributed by atoms with E-state index in [2.05, 4.69) is 15.0 Å². The van der Waals surface area contributed by atoms with E-state index in [1.54, 1.807) is 0 Å². The van der Waals surface area contributed by atoms with E-state index in [-0.39, 0.29) is 0 Å². The third kappa shape index (κ3) is 3.19. The summed E-state index contributed by atoms with van der Waals surface area (Å²) in [6.45, 7) is 6.01. The molecule has 0 radical (unpaired) electrons. The summed E-state index contributed by atoms with van der Waals surface area (Å²) in [5.41, 5.74) is 2.14. The molecule has 6 heteroatoms. The van der Waals surface area contributed by atoms with Crippen LogP contribution in [-0.2, 0) is 11.3 Å². The summed E-state index contributed by atoms with van der Waals surface area (Å²) < 4.78 is 5.42. The van der Waals surface area contributed by atoms with Crippen LogP contribution in [0.3, 0.4) is 0 Å². The SMILES string of the molecule is Cc1ccccc1-c1noc(CN2CCN(C(=O)C3CC3)CC2)n1. The van der Waals surface area contributed by atoms with E-state index in [9.17, 15) is 4.79 Å². The highest BCUT2D eigenvalue weighted by molar-refractivity contribution is 5.81. The first-order chi connectivity index (χ1) is 11.7. The normalized spacial score (nSPS) is 18.8. The summed E-state index contributed by atoms with van der Waals surface area (Å²) in [5.74, 6) is 1.93. The molecular formula is C18H22N4O2. The molecule has 1 aliphatic carbocycles. The van der Waals surface area contributed by atoms with E-state index in [1.165, 1.54) is 0 Å². The number of benzene rings is 1. The lowest BCUT2D eigenvalue weighted by molar-refractivity contribution is -0.134. The fourth-order valence-corrected chi connectivity index (χ4v) is 3.16. The molecular weight excluding hydrogens is 304 g/mol. The number of rotatable bonds is 4. The van der Waals surface area contributed by atoms with Gasteiger partial charge in [-0.25, -0.2) is 0 Å². The zero-order valence-electron chi connectivity index (χ0n) is 13.9. The lowest BCUT2D eigenvalue weighted by Gasteiger charge is -2.34. The molecule has 1 saturated heterocycles. The van der Waals surface area contributed by atoms with E-state index < -0.39 is 0 Å². The molecule has 24 heavy (non-hydrogen) atoms. The second-order valence-corrected chi connectivity index (χ2v) is 6.70. The molecule has 0 spiro atoms. The van der Waals surface area contributed by atoms with Gasteiger partial charge in [-0.05, 0) is 25.3 Å². The number of carbonyl (C=O) groups is 1. The Labute approximate surface area is 141 Å². The highest BCUT2D eigenvalue weighted by Crippen LogP contribution is 2.31. The van der Waals surface area contributed by atoms with Crippen LogP contribution in [0.4, 0.5) is 0 Å². The summed E-state index contributed by atoms with van der Waals surface area (Å²) in [7, 11) is 0. The number of hydrogen-bond acceptors (Lipinski definition) is 5. The molecule has 1 aromatic carbocycles. The largest absolute Gasteiger partial charge is 0.340 e. The number of aromatic nitrogens is 2. The third-order valence-corrected chi connectivity index (χ3v) is 4.82. The van der Waals surface area contributed by atoms with Gasteiger partial charge in [-0.15, -0.1) is 0 Å². The molecule has 4 rings (SSSR count). The van der Waals surface area contributed by atoms with E-state index in [0.29, 0.717) is 30.1 Å². The summed E-state index contributed by atoms with van der Waals surface area (Å²) in [4.78, 5) is 20.9. The Morgan fingerprint density at radius 1 is 1.21 bits per heavy atom. The summed E-state index contributed by atoms with van der Waals surface area (Å²) in [5, 5.41) is 4.11. The Kier molecular flexibility index (Phi) is 4.06. The average Bonchev–Trinajstić information content (AvgIpc) is 3.35. The lowest BCUT2D eigenvalue weighted by Crippen LogP contribution is -2.48. The molecule has 0 N–H and O–H groups in total. The van der Waals surface area contributed by atoms with Gasteiger partial charge in [-0.1, -0.05) is 29.4 Å². The second kappa shape index (κ2) is 6.36. The molecule has 1 aliphatic heterocycles. The predicted octanol–water partition coefficient (Wildman–Crippen LogP) is 2.10. The average molecular weight is 326 g/mol. The topological polar surface area (TPSA) is 62.5 Å². The molecule has 0 unspecified atom stereocenters. The number of hydrogen-bond donors (Lipinski definition) is 0. The minimum Gasteiger partial charge on any atom is -0.340 e.